The number of Topliss-reactive ketones (excluding diaryl/α,β-unsaturated/α-hetero) is 1. The molecule has 0 amide bonds. The summed E-state index contributed by atoms with van der Waals surface area (Å²) in [4.78, 5) is 25.7. The van der Waals surface area contributed by atoms with Crippen LogP contribution in [0.4, 0.5) is 14.6 Å². The highest BCUT2D eigenvalue weighted by Gasteiger charge is 2.48. The van der Waals surface area contributed by atoms with Gasteiger partial charge in [0.15, 0.2) is 11.6 Å². The lowest BCUT2D eigenvalue weighted by molar-refractivity contribution is -0.131. The summed E-state index contributed by atoms with van der Waals surface area (Å²) in [6.45, 7) is 3.89. The molecular formula is C29H40F2N6O3. The lowest BCUT2D eigenvalue weighted by atomic mass is 9.64. The van der Waals surface area contributed by atoms with Crippen molar-refractivity contribution in [1.82, 2.24) is 20.2 Å². The molecule has 4 atom stereocenters. The Balaban J connectivity index is 1.37. The number of likely N-dealkylation sites (N-methyl/N-ethyl adjacent to an activating group) is 1. The number of likely N-dealkylation sites (tertiary alicyclic amines) is 1. The first-order chi connectivity index (χ1) is 19.1. The predicted molar refractivity (Wildman–Crippen MR) is 146 cm³/mol. The SMILES string of the molecule is C[C@H](Oc1nc(C(=N)C2=C(O)[C@]3(CCCCC3=O)CCC2)nc(N2CCNC3(CC3)C2)c1F)[C@@H]1C[C@@H](F)CN1C. The average Bonchev–Trinajstić information content (AvgIpc) is 3.58. The number of ketones is 1. The zero-order valence-electron chi connectivity index (χ0n) is 23.4. The summed E-state index contributed by atoms with van der Waals surface area (Å²) in [5, 5.41) is 24.0. The first kappa shape index (κ1) is 27.5. The Morgan fingerprint density at radius 2 is 1.98 bits per heavy atom. The van der Waals surface area contributed by atoms with E-state index in [1.165, 1.54) is 0 Å². The van der Waals surface area contributed by atoms with E-state index in [1.807, 2.05) is 16.8 Å². The van der Waals surface area contributed by atoms with E-state index in [1.54, 1.807) is 6.92 Å². The molecule has 6 rings (SSSR count). The smallest absolute Gasteiger partial charge is 0.256 e. The number of aliphatic hydroxyl groups is 1. The fourth-order valence-electron chi connectivity index (χ4n) is 7.28. The molecule has 2 saturated carbocycles. The third-order valence-electron chi connectivity index (χ3n) is 9.81. The molecule has 0 radical (unpaired) electrons. The predicted octanol–water partition coefficient (Wildman–Crippen LogP) is 3.86. The second-order valence-electron chi connectivity index (χ2n) is 12.5. The van der Waals surface area contributed by atoms with Crippen LogP contribution < -0.4 is 15.0 Å². The van der Waals surface area contributed by atoms with E-state index in [0.29, 0.717) is 63.9 Å². The van der Waals surface area contributed by atoms with Gasteiger partial charge in [0, 0.05) is 49.8 Å². The topological polar surface area (TPSA) is 115 Å². The van der Waals surface area contributed by atoms with Crippen molar-refractivity contribution in [3.8, 4) is 5.88 Å². The van der Waals surface area contributed by atoms with Gasteiger partial charge in [-0.25, -0.2) is 9.37 Å². The van der Waals surface area contributed by atoms with E-state index in [4.69, 9.17) is 10.1 Å². The van der Waals surface area contributed by atoms with E-state index < -0.39 is 23.5 Å². The summed E-state index contributed by atoms with van der Waals surface area (Å²) in [6.07, 6.45) is 5.11. The number of alkyl halides is 1. The molecule has 3 heterocycles. The number of hydrogen-bond donors (Lipinski definition) is 3. The molecule has 11 heteroatoms. The van der Waals surface area contributed by atoms with E-state index in [9.17, 15) is 14.3 Å². The number of piperazine rings is 1. The molecule has 3 aliphatic carbocycles. The zero-order valence-corrected chi connectivity index (χ0v) is 23.4. The molecule has 218 valence electrons. The van der Waals surface area contributed by atoms with Crippen LogP contribution in [0.1, 0.15) is 77.0 Å². The summed E-state index contributed by atoms with van der Waals surface area (Å²) >= 11 is 0. The Kier molecular flexibility index (Phi) is 7.09. The summed E-state index contributed by atoms with van der Waals surface area (Å²) in [6, 6.07) is -0.244. The van der Waals surface area contributed by atoms with Crippen LogP contribution in [0.25, 0.3) is 0 Å². The fraction of sp³-hybridized carbons (Fsp3) is 0.724. The van der Waals surface area contributed by atoms with Crippen molar-refractivity contribution in [2.24, 2.45) is 5.41 Å². The minimum absolute atomic E-state index is 0.0298. The molecular weight excluding hydrogens is 518 g/mol. The highest BCUT2D eigenvalue weighted by atomic mass is 19.1. The largest absolute Gasteiger partial charge is 0.511 e. The number of halogens is 2. The molecule has 5 aliphatic rings. The second kappa shape index (κ2) is 10.3. The quantitative estimate of drug-likeness (QED) is 0.451. The third kappa shape index (κ3) is 4.78. The number of aliphatic hydroxyl groups excluding tert-OH is 1. The third-order valence-corrected chi connectivity index (χ3v) is 9.81. The Hall–Kier alpha value is -2.66. The van der Waals surface area contributed by atoms with Crippen molar-refractivity contribution < 1.29 is 23.4 Å². The van der Waals surface area contributed by atoms with Gasteiger partial charge in [-0.1, -0.05) is 6.42 Å². The van der Waals surface area contributed by atoms with Crippen LogP contribution in [0.3, 0.4) is 0 Å². The van der Waals surface area contributed by atoms with Gasteiger partial charge >= 0.3 is 0 Å². The van der Waals surface area contributed by atoms with Crippen LogP contribution in [-0.2, 0) is 4.79 Å². The number of aromatic nitrogens is 2. The number of carbonyl (C=O) groups excluding carboxylic acids is 1. The second-order valence-corrected chi connectivity index (χ2v) is 12.5. The van der Waals surface area contributed by atoms with Gasteiger partial charge in [0.1, 0.15) is 29.5 Å². The number of rotatable bonds is 6. The molecule has 9 nitrogen and oxygen atoms in total. The highest BCUT2D eigenvalue weighted by Crippen LogP contribution is 2.48. The van der Waals surface area contributed by atoms with Gasteiger partial charge in [0.2, 0.25) is 5.82 Å². The number of carbonyl (C=O) groups is 1. The van der Waals surface area contributed by atoms with Gasteiger partial charge in [-0.2, -0.15) is 9.37 Å². The molecule has 2 saturated heterocycles. The number of hydrogen-bond acceptors (Lipinski definition) is 9. The van der Waals surface area contributed by atoms with Crippen LogP contribution in [0.15, 0.2) is 11.3 Å². The van der Waals surface area contributed by atoms with Crippen molar-refractivity contribution in [2.75, 3.05) is 38.1 Å². The average molecular weight is 559 g/mol. The van der Waals surface area contributed by atoms with Gasteiger partial charge in [-0.3, -0.25) is 15.1 Å². The number of ether oxygens (including phenoxy) is 1. The molecule has 0 aromatic carbocycles. The summed E-state index contributed by atoms with van der Waals surface area (Å²) in [5.74, 6) is -0.934. The Morgan fingerprint density at radius 3 is 2.67 bits per heavy atom. The maximum Gasteiger partial charge on any atom is 0.256 e. The van der Waals surface area contributed by atoms with Gasteiger partial charge in [-0.15, -0.1) is 0 Å². The van der Waals surface area contributed by atoms with Crippen molar-refractivity contribution >= 4 is 17.3 Å². The van der Waals surface area contributed by atoms with E-state index >= 15 is 4.39 Å². The van der Waals surface area contributed by atoms with Crippen molar-refractivity contribution in [1.29, 1.82) is 5.41 Å². The summed E-state index contributed by atoms with van der Waals surface area (Å²) in [5.41, 5.74) is -0.737. The van der Waals surface area contributed by atoms with Crippen LogP contribution in [0, 0.1) is 16.6 Å². The molecule has 40 heavy (non-hydrogen) atoms. The van der Waals surface area contributed by atoms with E-state index in [2.05, 4.69) is 15.3 Å². The molecule has 1 aromatic rings. The van der Waals surface area contributed by atoms with Gasteiger partial charge in [-0.05, 0) is 65.3 Å². The Morgan fingerprint density at radius 1 is 1.20 bits per heavy atom. The van der Waals surface area contributed by atoms with Crippen LogP contribution in [-0.4, -0.2) is 88.6 Å². The molecule has 2 spiro atoms. The molecule has 3 N–H and O–H groups in total. The van der Waals surface area contributed by atoms with Crippen LogP contribution in [0.2, 0.25) is 0 Å². The Bertz CT molecular complexity index is 1240. The monoisotopic (exact) mass is 558 g/mol. The molecule has 2 aliphatic heterocycles. The lowest BCUT2D eigenvalue weighted by Crippen LogP contribution is -2.53. The first-order valence-corrected chi connectivity index (χ1v) is 14.8. The standard InChI is InChI=1S/C29H40F2N6O3/c1-17(20-14-18(30)15-36(20)2)40-27-22(31)26(37-13-12-33-28(16-37)10-11-28)34-25(35-27)23(32)19-6-5-9-29(24(19)39)8-4-3-7-21(29)38/h17-18,20,32-33,39H,3-16H2,1-2H3/t17-,18+,20-,29+/m0/s1. The number of nitrogens with one attached hydrogen (secondary N) is 2. The normalized spacial score (nSPS) is 31.2. The van der Waals surface area contributed by atoms with E-state index in [-0.39, 0.29) is 52.8 Å². The lowest BCUT2D eigenvalue weighted by Gasteiger charge is -2.39. The van der Waals surface area contributed by atoms with Crippen molar-refractivity contribution in [2.45, 2.75) is 95.0 Å². The van der Waals surface area contributed by atoms with Gasteiger partial charge in [0.05, 0.1) is 5.41 Å². The summed E-state index contributed by atoms with van der Waals surface area (Å²) in [7, 11) is 1.82. The number of allylic oxidation sites excluding steroid dienone is 2. The number of anilines is 1. The van der Waals surface area contributed by atoms with Gasteiger partial charge < -0.3 is 20.1 Å². The molecule has 0 unspecified atom stereocenters. The highest BCUT2D eigenvalue weighted by molar-refractivity contribution is 6.09. The maximum atomic E-state index is 16.1. The van der Waals surface area contributed by atoms with Crippen LogP contribution >= 0.6 is 0 Å². The van der Waals surface area contributed by atoms with Crippen molar-refractivity contribution in [3.05, 3.63) is 23.0 Å². The number of nitrogens with zero attached hydrogens (tertiary/aromatic N) is 4. The fourth-order valence-corrected chi connectivity index (χ4v) is 7.28. The zero-order chi connectivity index (χ0) is 28.2. The molecule has 0 bridgehead atoms. The first-order valence-electron chi connectivity index (χ1n) is 14.8. The van der Waals surface area contributed by atoms with E-state index in [0.717, 1.165) is 25.7 Å². The van der Waals surface area contributed by atoms with Crippen molar-refractivity contribution in [3.63, 3.8) is 0 Å². The minimum Gasteiger partial charge on any atom is -0.511 e. The maximum absolute atomic E-state index is 16.1. The minimum atomic E-state index is -0.970. The molecule has 4 fully saturated rings. The van der Waals surface area contributed by atoms with Gasteiger partial charge in [0.25, 0.3) is 5.88 Å². The van der Waals surface area contributed by atoms with Crippen LogP contribution in [0.5, 0.6) is 5.88 Å². The summed E-state index contributed by atoms with van der Waals surface area (Å²) < 4.78 is 36.2. The Labute approximate surface area is 233 Å². The molecule has 1 aromatic heterocycles.